The molecule has 0 aliphatic carbocycles. The first-order valence-corrected chi connectivity index (χ1v) is 6.56. The van der Waals surface area contributed by atoms with E-state index in [4.69, 9.17) is 0 Å². The lowest BCUT2D eigenvalue weighted by molar-refractivity contribution is 0.0737. The van der Waals surface area contributed by atoms with Crippen LogP contribution < -0.4 is 5.32 Å². The number of hydrogen-bond donors (Lipinski definition) is 3. The standard InChI is InChI=1S/C13H29NO2/c1-5-11(4)8-12(6-2)14-13(7-3,9-15)10-16/h11-12,14-16H,5-10H2,1-4H3. The van der Waals surface area contributed by atoms with Gasteiger partial charge in [-0.2, -0.15) is 0 Å². The Morgan fingerprint density at radius 3 is 1.94 bits per heavy atom. The fraction of sp³-hybridized carbons (Fsp3) is 1.00. The molecule has 0 radical (unpaired) electrons. The van der Waals surface area contributed by atoms with E-state index in [0.29, 0.717) is 12.0 Å². The summed E-state index contributed by atoms with van der Waals surface area (Å²) in [5, 5.41) is 22.2. The van der Waals surface area contributed by atoms with Gasteiger partial charge in [0.2, 0.25) is 0 Å². The molecule has 98 valence electrons. The van der Waals surface area contributed by atoms with Crippen LogP contribution in [0.3, 0.4) is 0 Å². The normalized spacial score (nSPS) is 16.1. The van der Waals surface area contributed by atoms with E-state index in [9.17, 15) is 10.2 Å². The maximum absolute atomic E-state index is 9.39. The van der Waals surface area contributed by atoms with Crippen molar-refractivity contribution in [3.63, 3.8) is 0 Å². The lowest BCUT2D eigenvalue weighted by Gasteiger charge is -2.35. The molecule has 3 heteroatoms. The molecule has 0 amide bonds. The molecule has 0 rings (SSSR count). The number of aliphatic hydroxyl groups excluding tert-OH is 2. The van der Waals surface area contributed by atoms with Crippen molar-refractivity contribution >= 4 is 0 Å². The van der Waals surface area contributed by atoms with Gasteiger partial charge in [0.05, 0.1) is 18.8 Å². The first kappa shape index (κ1) is 15.9. The van der Waals surface area contributed by atoms with Crippen LogP contribution in [-0.2, 0) is 0 Å². The maximum atomic E-state index is 9.39. The number of aliphatic hydroxyl groups is 2. The first-order chi connectivity index (χ1) is 7.57. The van der Waals surface area contributed by atoms with E-state index in [0.717, 1.165) is 19.3 Å². The molecule has 2 atom stereocenters. The molecular formula is C13H29NO2. The zero-order chi connectivity index (χ0) is 12.6. The first-order valence-electron chi connectivity index (χ1n) is 6.56. The lowest BCUT2D eigenvalue weighted by Crippen LogP contribution is -2.55. The van der Waals surface area contributed by atoms with Crippen LogP contribution in [0.1, 0.15) is 53.4 Å². The minimum absolute atomic E-state index is 0.00297. The van der Waals surface area contributed by atoms with Gasteiger partial charge in [0.25, 0.3) is 0 Å². The second-order valence-corrected chi connectivity index (χ2v) is 4.95. The van der Waals surface area contributed by atoms with Crippen molar-refractivity contribution < 1.29 is 10.2 Å². The third kappa shape index (κ3) is 4.81. The molecule has 0 saturated heterocycles. The highest BCUT2D eigenvalue weighted by Gasteiger charge is 2.29. The summed E-state index contributed by atoms with van der Waals surface area (Å²) < 4.78 is 0. The van der Waals surface area contributed by atoms with Gasteiger partial charge < -0.3 is 15.5 Å². The van der Waals surface area contributed by atoms with E-state index >= 15 is 0 Å². The zero-order valence-electron chi connectivity index (χ0n) is 11.3. The zero-order valence-corrected chi connectivity index (χ0v) is 11.3. The largest absolute Gasteiger partial charge is 0.394 e. The molecular weight excluding hydrogens is 202 g/mol. The Morgan fingerprint density at radius 1 is 1.06 bits per heavy atom. The van der Waals surface area contributed by atoms with E-state index in [-0.39, 0.29) is 13.2 Å². The number of nitrogens with one attached hydrogen (secondary N) is 1. The molecule has 0 spiro atoms. The highest BCUT2D eigenvalue weighted by molar-refractivity contribution is 4.88. The summed E-state index contributed by atoms with van der Waals surface area (Å²) in [6.07, 6.45) is 4.06. The molecule has 3 nitrogen and oxygen atoms in total. The van der Waals surface area contributed by atoms with Crippen LogP contribution >= 0.6 is 0 Å². The predicted molar refractivity (Wildman–Crippen MR) is 68.5 cm³/mol. The van der Waals surface area contributed by atoms with Crippen molar-refractivity contribution in [2.45, 2.75) is 65.0 Å². The number of rotatable bonds is 9. The Hall–Kier alpha value is -0.120. The molecule has 3 N–H and O–H groups in total. The molecule has 0 bridgehead atoms. The lowest BCUT2D eigenvalue weighted by atomic mass is 9.92. The van der Waals surface area contributed by atoms with Crippen molar-refractivity contribution in [3.8, 4) is 0 Å². The second-order valence-electron chi connectivity index (χ2n) is 4.95. The van der Waals surface area contributed by atoms with Gasteiger partial charge >= 0.3 is 0 Å². The van der Waals surface area contributed by atoms with Crippen molar-refractivity contribution in [3.05, 3.63) is 0 Å². The summed E-state index contributed by atoms with van der Waals surface area (Å²) in [7, 11) is 0. The Balaban J connectivity index is 4.37. The quantitative estimate of drug-likeness (QED) is 0.568. The third-order valence-corrected chi connectivity index (χ3v) is 3.67. The SMILES string of the molecule is CCC(C)CC(CC)NC(CC)(CO)CO. The van der Waals surface area contributed by atoms with Crippen LogP contribution in [-0.4, -0.2) is 35.0 Å². The second kappa shape index (κ2) is 8.04. The highest BCUT2D eigenvalue weighted by atomic mass is 16.3. The Bertz CT molecular complexity index is 161. The molecule has 0 heterocycles. The fourth-order valence-electron chi connectivity index (χ4n) is 1.88. The van der Waals surface area contributed by atoms with Gasteiger partial charge in [-0.3, -0.25) is 0 Å². The van der Waals surface area contributed by atoms with E-state index in [2.05, 4.69) is 26.1 Å². The van der Waals surface area contributed by atoms with Crippen LogP contribution in [0, 0.1) is 5.92 Å². The van der Waals surface area contributed by atoms with Gasteiger partial charge in [-0.05, 0) is 25.2 Å². The molecule has 0 aromatic carbocycles. The molecule has 0 aromatic rings. The van der Waals surface area contributed by atoms with Gasteiger partial charge in [0, 0.05) is 6.04 Å². The Kier molecular flexibility index (Phi) is 7.98. The topological polar surface area (TPSA) is 52.5 Å². The average Bonchev–Trinajstić information content (AvgIpc) is 2.34. The predicted octanol–water partition coefficient (Wildman–Crippen LogP) is 1.92. The van der Waals surface area contributed by atoms with Crippen molar-refractivity contribution in [1.82, 2.24) is 5.32 Å². The Labute approximate surface area is 100 Å². The Morgan fingerprint density at radius 2 is 1.62 bits per heavy atom. The summed E-state index contributed by atoms with van der Waals surface area (Å²) in [5.41, 5.74) is -0.506. The van der Waals surface area contributed by atoms with Crippen molar-refractivity contribution in [2.24, 2.45) is 5.92 Å². The third-order valence-electron chi connectivity index (χ3n) is 3.67. The summed E-state index contributed by atoms with van der Waals surface area (Å²) >= 11 is 0. The smallest absolute Gasteiger partial charge is 0.0647 e. The van der Waals surface area contributed by atoms with Gasteiger partial charge in [0.1, 0.15) is 0 Å². The molecule has 0 aromatic heterocycles. The summed E-state index contributed by atoms with van der Waals surface area (Å²) in [5.74, 6) is 0.685. The molecule has 16 heavy (non-hydrogen) atoms. The molecule has 0 aliphatic rings. The van der Waals surface area contributed by atoms with Crippen molar-refractivity contribution in [2.75, 3.05) is 13.2 Å². The van der Waals surface area contributed by atoms with E-state index in [1.165, 1.54) is 6.42 Å². The number of hydrogen-bond acceptors (Lipinski definition) is 3. The minimum Gasteiger partial charge on any atom is -0.394 e. The molecule has 0 fully saturated rings. The monoisotopic (exact) mass is 231 g/mol. The molecule has 0 aliphatic heterocycles. The van der Waals surface area contributed by atoms with Crippen LogP contribution in [0.25, 0.3) is 0 Å². The summed E-state index contributed by atoms with van der Waals surface area (Å²) in [6, 6.07) is 0.384. The minimum atomic E-state index is -0.506. The van der Waals surface area contributed by atoms with Crippen LogP contribution in [0.5, 0.6) is 0 Å². The maximum Gasteiger partial charge on any atom is 0.0647 e. The van der Waals surface area contributed by atoms with E-state index < -0.39 is 5.54 Å². The average molecular weight is 231 g/mol. The van der Waals surface area contributed by atoms with Crippen molar-refractivity contribution in [1.29, 1.82) is 0 Å². The van der Waals surface area contributed by atoms with Gasteiger partial charge in [-0.1, -0.05) is 34.1 Å². The van der Waals surface area contributed by atoms with E-state index in [1.54, 1.807) is 0 Å². The molecule has 2 unspecified atom stereocenters. The van der Waals surface area contributed by atoms with Crippen LogP contribution in [0.15, 0.2) is 0 Å². The molecule has 0 saturated carbocycles. The van der Waals surface area contributed by atoms with Crippen LogP contribution in [0.2, 0.25) is 0 Å². The fourth-order valence-corrected chi connectivity index (χ4v) is 1.88. The highest BCUT2D eigenvalue weighted by Crippen LogP contribution is 2.17. The van der Waals surface area contributed by atoms with Gasteiger partial charge in [-0.15, -0.1) is 0 Å². The summed E-state index contributed by atoms with van der Waals surface area (Å²) in [6.45, 7) is 8.58. The van der Waals surface area contributed by atoms with E-state index in [1.807, 2.05) is 6.92 Å². The van der Waals surface area contributed by atoms with Gasteiger partial charge in [0.15, 0.2) is 0 Å². The van der Waals surface area contributed by atoms with Crippen LogP contribution in [0.4, 0.5) is 0 Å². The van der Waals surface area contributed by atoms with Gasteiger partial charge in [-0.25, -0.2) is 0 Å². The summed E-state index contributed by atoms with van der Waals surface area (Å²) in [4.78, 5) is 0.